The highest BCUT2D eigenvalue weighted by atomic mass is 14.0. The maximum Gasteiger partial charge on any atom is -0.00952 e. The molecule has 1 radical (unpaired) electrons. The van der Waals surface area contributed by atoms with E-state index in [-0.39, 0.29) is 0 Å². The van der Waals surface area contributed by atoms with E-state index < -0.39 is 0 Å². The van der Waals surface area contributed by atoms with Gasteiger partial charge in [0, 0.05) is 0 Å². The van der Waals surface area contributed by atoms with Crippen LogP contribution in [0.3, 0.4) is 0 Å². The molecular formula is C10H17. The Bertz CT molecular complexity index is 127. The molecule has 0 amide bonds. The Labute approximate surface area is 64.6 Å². The van der Waals surface area contributed by atoms with E-state index in [2.05, 4.69) is 39.0 Å². The van der Waals surface area contributed by atoms with E-state index in [1.165, 1.54) is 5.57 Å². The Morgan fingerprint density at radius 1 is 1.50 bits per heavy atom. The third kappa shape index (κ3) is 4.37. The van der Waals surface area contributed by atoms with Gasteiger partial charge < -0.3 is 0 Å². The van der Waals surface area contributed by atoms with Crippen LogP contribution in [-0.2, 0) is 0 Å². The van der Waals surface area contributed by atoms with Crippen LogP contribution in [0.25, 0.3) is 0 Å². The van der Waals surface area contributed by atoms with Crippen LogP contribution in [0.4, 0.5) is 0 Å². The highest BCUT2D eigenvalue weighted by Gasteiger charge is 1.93. The molecule has 0 aromatic heterocycles. The van der Waals surface area contributed by atoms with Crippen molar-refractivity contribution in [2.75, 3.05) is 0 Å². The predicted molar refractivity (Wildman–Crippen MR) is 46.7 cm³/mol. The van der Waals surface area contributed by atoms with E-state index in [1.807, 2.05) is 6.92 Å². The summed E-state index contributed by atoms with van der Waals surface area (Å²) in [5, 5.41) is 0. The molecule has 0 atom stereocenters. The Morgan fingerprint density at radius 2 is 2.10 bits per heavy atom. The van der Waals surface area contributed by atoms with Crippen LogP contribution >= 0.6 is 0 Å². The molecule has 0 saturated carbocycles. The van der Waals surface area contributed by atoms with Crippen LogP contribution in [0, 0.1) is 12.0 Å². The largest absolute Gasteiger partial charge is 0.0913 e. The average Bonchev–Trinajstić information content (AvgIpc) is 1.88. The summed E-state index contributed by atoms with van der Waals surface area (Å²) in [6, 6.07) is 0. The van der Waals surface area contributed by atoms with E-state index >= 15 is 0 Å². The lowest BCUT2D eigenvalue weighted by molar-refractivity contribution is 0.760. The van der Waals surface area contributed by atoms with Crippen molar-refractivity contribution in [2.45, 2.75) is 34.1 Å². The van der Waals surface area contributed by atoms with Crippen LogP contribution < -0.4 is 0 Å². The van der Waals surface area contributed by atoms with Gasteiger partial charge in [0.05, 0.1) is 0 Å². The fourth-order valence-electron chi connectivity index (χ4n) is 0.542. The lowest BCUT2D eigenvalue weighted by Gasteiger charge is -2.01. The van der Waals surface area contributed by atoms with Gasteiger partial charge in [-0.25, -0.2) is 0 Å². The Kier molecular flexibility index (Phi) is 5.00. The van der Waals surface area contributed by atoms with Crippen molar-refractivity contribution in [1.82, 2.24) is 0 Å². The first-order valence-electron chi connectivity index (χ1n) is 3.87. The fraction of sp³-hybridized carbons (Fsp3) is 0.600. The minimum absolute atomic E-state index is 0.644. The summed E-state index contributed by atoms with van der Waals surface area (Å²) in [5.74, 6) is 0.644. The molecule has 0 aromatic rings. The first-order valence-corrected chi connectivity index (χ1v) is 3.87. The van der Waals surface area contributed by atoms with E-state index in [4.69, 9.17) is 0 Å². The van der Waals surface area contributed by atoms with Gasteiger partial charge in [-0.15, -0.1) is 0 Å². The fourth-order valence-corrected chi connectivity index (χ4v) is 0.542. The van der Waals surface area contributed by atoms with Crippen molar-refractivity contribution >= 4 is 0 Å². The molecule has 0 heteroatoms. The molecule has 0 rings (SSSR count). The molecule has 0 aromatic carbocycles. The average molecular weight is 137 g/mol. The van der Waals surface area contributed by atoms with E-state index in [9.17, 15) is 0 Å². The lowest BCUT2D eigenvalue weighted by Crippen LogP contribution is -1.87. The monoisotopic (exact) mass is 137 g/mol. The van der Waals surface area contributed by atoms with E-state index in [0.29, 0.717) is 5.92 Å². The predicted octanol–water partition coefficient (Wildman–Crippen LogP) is 3.36. The van der Waals surface area contributed by atoms with Crippen LogP contribution in [0.5, 0.6) is 0 Å². The maximum atomic E-state index is 3.31. The molecule has 0 spiro atoms. The van der Waals surface area contributed by atoms with Gasteiger partial charge in [-0.05, 0) is 32.3 Å². The van der Waals surface area contributed by atoms with Crippen molar-refractivity contribution in [3.05, 3.63) is 23.8 Å². The molecule has 0 nitrogen and oxygen atoms in total. The summed E-state index contributed by atoms with van der Waals surface area (Å²) in [5.41, 5.74) is 1.36. The molecule has 57 valence electrons. The molecule has 0 N–H and O–H groups in total. The van der Waals surface area contributed by atoms with Crippen molar-refractivity contribution in [1.29, 1.82) is 0 Å². The number of hydrogen-bond acceptors (Lipinski definition) is 0. The maximum absolute atomic E-state index is 3.31. The molecule has 0 fully saturated rings. The topological polar surface area (TPSA) is 0 Å². The van der Waals surface area contributed by atoms with Gasteiger partial charge in [-0.3, -0.25) is 0 Å². The second-order valence-corrected chi connectivity index (χ2v) is 2.79. The first-order chi connectivity index (χ1) is 4.68. The summed E-state index contributed by atoms with van der Waals surface area (Å²) in [4.78, 5) is 0. The summed E-state index contributed by atoms with van der Waals surface area (Å²) < 4.78 is 0. The molecule has 0 aliphatic rings. The Balaban J connectivity index is 3.68. The Morgan fingerprint density at radius 3 is 2.50 bits per heavy atom. The van der Waals surface area contributed by atoms with E-state index in [1.54, 1.807) is 0 Å². The minimum atomic E-state index is 0.644. The third-order valence-electron chi connectivity index (χ3n) is 1.60. The zero-order chi connectivity index (χ0) is 7.98. The Hall–Kier alpha value is -0.520. The van der Waals surface area contributed by atoms with Gasteiger partial charge >= 0.3 is 0 Å². The van der Waals surface area contributed by atoms with Crippen molar-refractivity contribution in [2.24, 2.45) is 5.92 Å². The van der Waals surface area contributed by atoms with Crippen LogP contribution in [0.2, 0.25) is 0 Å². The zero-order valence-corrected chi connectivity index (χ0v) is 7.44. The van der Waals surface area contributed by atoms with Crippen LogP contribution in [0.1, 0.15) is 34.1 Å². The molecule has 10 heavy (non-hydrogen) atoms. The summed E-state index contributed by atoms with van der Waals surface area (Å²) >= 11 is 0. The number of rotatable bonds is 3. The molecule has 0 unspecified atom stereocenters. The molecular weight excluding hydrogens is 120 g/mol. The zero-order valence-electron chi connectivity index (χ0n) is 7.44. The molecule has 0 heterocycles. The molecule has 0 saturated heterocycles. The second kappa shape index (κ2) is 5.28. The smallest absolute Gasteiger partial charge is 0.00952 e. The summed E-state index contributed by atoms with van der Waals surface area (Å²) in [7, 11) is 0. The molecule has 0 bridgehead atoms. The minimum Gasteiger partial charge on any atom is -0.0913 e. The van der Waals surface area contributed by atoms with Gasteiger partial charge in [-0.1, -0.05) is 31.6 Å². The van der Waals surface area contributed by atoms with Crippen molar-refractivity contribution < 1.29 is 0 Å². The first kappa shape index (κ1) is 9.48. The third-order valence-corrected chi connectivity index (χ3v) is 1.60. The van der Waals surface area contributed by atoms with E-state index in [0.717, 1.165) is 6.42 Å². The highest BCUT2D eigenvalue weighted by molar-refractivity contribution is 4.98. The van der Waals surface area contributed by atoms with Gasteiger partial charge in [0.25, 0.3) is 0 Å². The summed E-state index contributed by atoms with van der Waals surface area (Å²) in [6.45, 7) is 8.55. The van der Waals surface area contributed by atoms with Crippen LogP contribution in [-0.4, -0.2) is 0 Å². The van der Waals surface area contributed by atoms with Crippen molar-refractivity contribution in [3.63, 3.8) is 0 Å². The SMILES string of the molecule is CC=CC[C]=C(C)C(C)C. The molecule has 0 aliphatic heterocycles. The second-order valence-electron chi connectivity index (χ2n) is 2.79. The quantitative estimate of drug-likeness (QED) is 0.523. The van der Waals surface area contributed by atoms with Gasteiger partial charge in [0.2, 0.25) is 0 Å². The summed E-state index contributed by atoms with van der Waals surface area (Å²) in [6.07, 6.45) is 8.44. The lowest BCUT2D eigenvalue weighted by atomic mass is 10.0. The van der Waals surface area contributed by atoms with Crippen molar-refractivity contribution in [3.8, 4) is 0 Å². The number of hydrogen-bond donors (Lipinski definition) is 0. The highest BCUT2D eigenvalue weighted by Crippen LogP contribution is 2.07. The standard InChI is InChI=1S/C10H17/c1-5-6-7-8-10(4)9(2)3/h5-6,9H,7H2,1-4H3. The molecule has 0 aliphatic carbocycles. The van der Waals surface area contributed by atoms with Gasteiger partial charge in [-0.2, -0.15) is 0 Å². The van der Waals surface area contributed by atoms with Gasteiger partial charge in [0.1, 0.15) is 0 Å². The number of allylic oxidation sites excluding steroid dienone is 4. The normalized spacial score (nSPS) is 13.5. The van der Waals surface area contributed by atoms with Gasteiger partial charge in [0.15, 0.2) is 0 Å². The van der Waals surface area contributed by atoms with Crippen LogP contribution in [0.15, 0.2) is 17.7 Å².